The molecule has 3 heterocycles. The molecule has 174 valence electrons. The number of anilines is 3. The Kier molecular flexibility index (Phi) is 5.80. The van der Waals surface area contributed by atoms with E-state index in [4.69, 9.17) is 0 Å². The second-order valence-corrected chi connectivity index (χ2v) is 8.18. The summed E-state index contributed by atoms with van der Waals surface area (Å²) >= 11 is 0. The molecule has 9 nitrogen and oxygen atoms in total. The van der Waals surface area contributed by atoms with Crippen molar-refractivity contribution in [3.05, 3.63) is 95.9 Å². The topological polar surface area (TPSA) is 103 Å². The summed E-state index contributed by atoms with van der Waals surface area (Å²) in [6.45, 7) is 3.92. The van der Waals surface area contributed by atoms with Crippen molar-refractivity contribution < 1.29 is 4.79 Å². The smallest absolute Gasteiger partial charge is 0.273 e. The summed E-state index contributed by atoms with van der Waals surface area (Å²) < 4.78 is 3.34. The molecular formula is C26H24N8O. The van der Waals surface area contributed by atoms with Crippen molar-refractivity contribution in [3.63, 3.8) is 0 Å². The van der Waals surface area contributed by atoms with E-state index in [2.05, 4.69) is 31.0 Å². The molecule has 0 saturated carbocycles. The SMILES string of the molecule is Cc1cc(C)n(-c2ccc(Nc3ccc(NC(=O)c4cc(-c5ccccc5)nn4C)cc3)nn2)n1. The third kappa shape index (κ3) is 4.79. The van der Waals surface area contributed by atoms with Gasteiger partial charge in [-0.25, -0.2) is 4.68 Å². The molecule has 0 aliphatic rings. The second-order valence-electron chi connectivity index (χ2n) is 8.18. The Labute approximate surface area is 202 Å². The van der Waals surface area contributed by atoms with E-state index >= 15 is 0 Å². The molecule has 0 fully saturated rings. The number of hydrogen-bond acceptors (Lipinski definition) is 6. The van der Waals surface area contributed by atoms with Crippen LogP contribution < -0.4 is 10.6 Å². The lowest BCUT2D eigenvalue weighted by molar-refractivity contribution is 0.101. The average molecular weight is 465 g/mol. The van der Waals surface area contributed by atoms with Crippen molar-refractivity contribution in [2.75, 3.05) is 10.6 Å². The highest BCUT2D eigenvalue weighted by atomic mass is 16.2. The van der Waals surface area contributed by atoms with Crippen LogP contribution in [-0.2, 0) is 7.05 Å². The molecule has 0 spiro atoms. The van der Waals surface area contributed by atoms with Crippen molar-refractivity contribution in [1.82, 2.24) is 29.8 Å². The van der Waals surface area contributed by atoms with Gasteiger partial charge in [0.25, 0.3) is 5.91 Å². The van der Waals surface area contributed by atoms with Crippen molar-refractivity contribution >= 4 is 23.1 Å². The van der Waals surface area contributed by atoms with Crippen LogP contribution in [0.4, 0.5) is 17.2 Å². The van der Waals surface area contributed by atoms with E-state index in [0.717, 1.165) is 28.3 Å². The first-order chi connectivity index (χ1) is 17.0. The van der Waals surface area contributed by atoms with E-state index in [9.17, 15) is 4.79 Å². The third-order valence-electron chi connectivity index (χ3n) is 5.47. The molecule has 2 aromatic carbocycles. The number of hydrogen-bond donors (Lipinski definition) is 2. The number of nitrogens with one attached hydrogen (secondary N) is 2. The van der Waals surface area contributed by atoms with Gasteiger partial charge < -0.3 is 10.6 Å². The van der Waals surface area contributed by atoms with Gasteiger partial charge in [0.2, 0.25) is 0 Å². The predicted octanol–water partition coefficient (Wildman–Crippen LogP) is 4.68. The van der Waals surface area contributed by atoms with Crippen LogP contribution in [0, 0.1) is 13.8 Å². The lowest BCUT2D eigenvalue weighted by atomic mass is 10.1. The van der Waals surface area contributed by atoms with Gasteiger partial charge in [0.1, 0.15) is 5.69 Å². The number of rotatable bonds is 6. The van der Waals surface area contributed by atoms with Gasteiger partial charge in [0.15, 0.2) is 11.6 Å². The Hall–Kier alpha value is -4.79. The summed E-state index contributed by atoms with van der Waals surface area (Å²) in [6, 6.07) is 24.6. The van der Waals surface area contributed by atoms with Crippen LogP contribution in [0.1, 0.15) is 21.9 Å². The zero-order valence-electron chi connectivity index (χ0n) is 19.6. The van der Waals surface area contributed by atoms with E-state index < -0.39 is 0 Å². The number of nitrogens with zero attached hydrogens (tertiary/aromatic N) is 6. The molecule has 35 heavy (non-hydrogen) atoms. The highest BCUT2D eigenvalue weighted by Crippen LogP contribution is 2.21. The zero-order chi connectivity index (χ0) is 24.4. The summed E-state index contributed by atoms with van der Waals surface area (Å²) in [7, 11) is 1.76. The van der Waals surface area contributed by atoms with Gasteiger partial charge in [-0.15, -0.1) is 10.2 Å². The number of benzene rings is 2. The van der Waals surface area contributed by atoms with E-state index in [-0.39, 0.29) is 5.91 Å². The molecule has 5 aromatic rings. The molecule has 0 aliphatic carbocycles. The van der Waals surface area contributed by atoms with Crippen molar-refractivity contribution in [2.45, 2.75) is 13.8 Å². The van der Waals surface area contributed by atoms with Gasteiger partial charge in [-0.1, -0.05) is 30.3 Å². The van der Waals surface area contributed by atoms with Gasteiger partial charge in [0.05, 0.1) is 11.4 Å². The Morgan fingerprint density at radius 3 is 2.23 bits per heavy atom. The fourth-order valence-corrected chi connectivity index (χ4v) is 3.78. The normalized spacial score (nSPS) is 10.8. The lowest BCUT2D eigenvalue weighted by Gasteiger charge is -2.09. The minimum Gasteiger partial charge on any atom is -0.339 e. The van der Waals surface area contributed by atoms with Crippen molar-refractivity contribution in [2.24, 2.45) is 7.05 Å². The molecule has 0 unspecified atom stereocenters. The van der Waals surface area contributed by atoms with Crippen LogP contribution in [0.3, 0.4) is 0 Å². The zero-order valence-corrected chi connectivity index (χ0v) is 19.6. The highest BCUT2D eigenvalue weighted by Gasteiger charge is 2.14. The summed E-state index contributed by atoms with van der Waals surface area (Å²) in [6.07, 6.45) is 0. The minimum absolute atomic E-state index is 0.228. The minimum atomic E-state index is -0.228. The number of amides is 1. The van der Waals surface area contributed by atoms with Crippen LogP contribution in [-0.4, -0.2) is 35.7 Å². The summed E-state index contributed by atoms with van der Waals surface area (Å²) in [5.74, 6) is 1.04. The summed E-state index contributed by atoms with van der Waals surface area (Å²) in [4.78, 5) is 12.8. The van der Waals surface area contributed by atoms with Crippen LogP contribution in [0.25, 0.3) is 17.1 Å². The number of aromatic nitrogens is 6. The Bertz CT molecular complexity index is 1470. The molecule has 3 aromatic heterocycles. The maximum atomic E-state index is 12.8. The van der Waals surface area contributed by atoms with Gasteiger partial charge in [0, 0.05) is 29.7 Å². The first-order valence-corrected chi connectivity index (χ1v) is 11.1. The average Bonchev–Trinajstić information content (AvgIpc) is 3.42. The Morgan fingerprint density at radius 1 is 0.829 bits per heavy atom. The maximum Gasteiger partial charge on any atom is 0.273 e. The first kappa shape index (κ1) is 22.0. The first-order valence-electron chi connectivity index (χ1n) is 11.1. The van der Waals surface area contributed by atoms with E-state index in [1.54, 1.807) is 22.5 Å². The molecule has 9 heteroatoms. The molecule has 0 aliphatic heterocycles. The second kappa shape index (κ2) is 9.22. The molecule has 2 N–H and O–H groups in total. The van der Waals surface area contributed by atoms with E-state index in [0.29, 0.717) is 23.0 Å². The number of carbonyl (C=O) groups excluding carboxylic acids is 1. The Morgan fingerprint density at radius 2 is 1.57 bits per heavy atom. The number of aryl methyl sites for hydroxylation is 3. The maximum absolute atomic E-state index is 12.8. The van der Waals surface area contributed by atoms with Crippen LogP contribution in [0.5, 0.6) is 0 Å². The largest absolute Gasteiger partial charge is 0.339 e. The molecule has 1 amide bonds. The monoisotopic (exact) mass is 464 g/mol. The van der Waals surface area contributed by atoms with Crippen LogP contribution >= 0.6 is 0 Å². The van der Waals surface area contributed by atoms with E-state index in [1.165, 1.54) is 0 Å². The molecule has 0 saturated heterocycles. The fourth-order valence-electron chi connectivity index (χ4n) is 3.78. The van der Waals surface area contributed by atoms with Gasteiger partial charge in [-0.2, -0.15) is 10.2 Å². The summed E-state index contributed by atoms with van der Waals surface area (Å²) in [5, 5.41) is 23.5. The van der Waals surface area contributed by atoms with Gasteiger partial charge in [-0.3, -0.25) is 9.48 Å². The summed E-state index contributed by atoms with van der Waals surface area (Å²) in [5.41, 5.74) is 5.61. The molecule has 0 radical (unpaired) electrons. The van der Waals surface area contributed by atoms with Crippen molar-refractivity contribution in [1.29, 1.82) is 0 Å². The quantitative estimate of drug-likeness (QED) is 0.378. The Balaban J connectivity index is 1.24. The number of carbonyl (C=O) groups is 1. The van der Waals surface area contributed by atoms with E-state index in [1.807, 2.05) is 86.6 Å². The standard InChI is InChI=1S/C26H24N8O/c1-17-15-18(2)34(31-17)25-14-13-24(29-30-25)27-20-9-11-21(12-10-20)28-26(35)23-16-22(32-33(23)3)19-7-5-4-6-8-19/h4-16H,1-3H3,(H,27,29)(H,28,35). The van der Waals surface area contributed by atoms with Gasteiger partial charge in [-0.05, 0) is 62.4 Å². The van der Waals surface area contributed by atoms with Crippen LogP contribution in [0.15, 0.2) is 78.9 Å². The molecular weight excluding hydrogens is 440 g/mol. The lowest BCUT2D eigenvalue weighted by Crippen LogP contribution is -2.16. The molecule has 5 rings (SSSR count). The van der Waals surface area contributed by atoms with Crippen molar-refractivity contribution in [3.8, 4) is 17.1 Å². The van der Waals surface area contributed by atoms with Crippen LogP contribution in [0.2, 0.25) is 0 Å². The predicted molar refractivity (Wildman–Crippen MR) is 135 cm³/mol. The highest BCUT2D eigenvalue weighted by molar-refractivity contribution is 6.03. The molecule has 0 atom stereocenters. The third-order valence-corrected chi connectivity index (χ3v) is 5.47. The van der Waals surface area contributed by atoms with Gasteiger partial charge >= 0.3 is 0 Å². The fraction of sp³-hybridized carbons (Fsp3) is 0.115. The molecule has 0 bridgehead atoms.